The summed E-state index contributed by atoms with van der Waals surface area (Å²) in [6.07, 6.45) is -0.565. The highest BCUT2D eigenvalue weighted by molar-refractivity contribution is 6.30. The molecule has 1 atom stereocenters. The molecule has 7 heteroatoms. The lowest BCUT2D eigenvalue weighted by Crippen LogP contribution is -2.37. The Kier molecular flexibility index (Phi) is 4.65. The standard InChI is InChI=1S/C21H20ClN5O/c1-12-7-8-17(9-13(12)2)24-20-25-19(15-5-4-6-16(22)11-15)27-18(28)10-14(3)23-21(27)26-20/h4-11,19H,1-3H3,(H2,23,24,25,26). The molecule has 0 saturated heterocycles. The number of guanidine groups is 1. The van der Waals surface area contributed by atoms with E-state index in [9.17, 15) is 4.79 Å². The van der Waals surface area contributed by atoms with Crippen LogP contribution in [0.3, 0.4) is 0 Å². The molecule has 2 heterocycles. The van der Waals surface area contributed by atoms with Gasteiger partial charge in [0.2, 0.25) is 11.9 Å². The molecule has 142 valence electrons. The zero-order valence-corrected chi connectivity index (χ0v) is 16.6. The van der Waals surface area contributed by atoms with Crippen molar-refractivity contribution in [3.8, 4) is 0 Å². The Balaban J connectivity index is 1.80. The normalized spacial score (nSPS) is 15.4. The van der Waals surface area contributed by atoms with Gasteiger partial charge in [0.05, 0.1) is 0 Å². The van der Waals surface area contributed by atoms with Crippen LogP contribution in [0, 0.1) is 20.8 Å². The second-order valence-electron chi connectivity index (χ2n) is 6.88. The Bertz CT molecular complexity index is 1150. The average Bonchev–Trinajstić information content (AvgIpc) is 2.63. The fourth-order valence-electron chi connectivity index (χ4n) is 3.16. The fraction of sp³-hybridized carbons (Fsp3) is 0.190. The summed E-state index contributed by atoms with van der Waals surface area (Å²) in [5.41, 5.74) is 4.58. The molecule has 1 aromatic heterocycles. The number of hydrogen-bond acceptors (Lipinski definition) is 5. The van der Waals surface area contributed by atoms with Crippen molar-refractivity contribution in [3.63, 3.8) is 0 Å². The molecule has 28 heavy (non-hydrogen) atoms. The van der Waals surface area contributed by atoms with E-state index in [1.807, 2.05) is 24.3 Å². The van der Waals surface area contributed by atoms with E-state index in [1.54, 1.807) is 13.0 Å². The van der Waals surface area contributed by atoms with Crippen molar-refractivity contribution in [2.75, 3.05) is 10.6 Å². The molecule has 0 fully saturated rings. The van der Waals surface area contributed by atoms with Crippen molar-refractivity contribution in [2.45, 2.75) is 26.9 Å². The summed E-state index contributed by atoms with van der Waals surface area (Å²) < 4.78 is 1.53. The largest absolute Gasteiger partial charge is 0.326 e. The van der Waals surface area contributed by atoms with Crippen molar-refractivity contribution in [1.82, 2.24) is 9.55 Å². The van der Waals surface area contributed by atoms with Crippen molar-refractivity contribution < 1.29 is 0 Å². The van der Waals surface area contributed by atoms with E-state index in [0.29, 0.717) is 22.6 Å². The van der Waals surface area contributed by atoms with Crippen LogP contribution in [-0.2, 0) is 0 Å². The van der Waals surface area contributed by atoms with Gasteiger partial charge in [-0.2, -0.15) is 0 Å². The van der Waals surface area contributed by atoms with Crippen LogP contribution in [0.15, 0.2) is 58.3 Å². The summed E-state index contributed by atoms with van der Waals surface area (Å²) in [5.74, 6) is 0.960. The first-order valence-electron chi connectivity index (χ1n) is 8.95. The van der Waals surface area contributed by atoms with Crippen molar-refractivity contribution >= 4 is 29.2 Å². The van der Waals surface area contributed by atoms with Crippen LogP contribution in [0.25, 0.3) is 0 Å². The molecule has 0 saturated carbocycles. The molecule has 1 unspecified atom stereocenters. The number of aryl methyl sites for hydroxylation is 3. The minimum absolute atomic E-state index is 0.172. The number of hydrogen-bond donors (Lipinski definition) is 2. The van der Waals surface area contributed by atoms with Crippen LogP contribution >= 0.6 is 11.6 Å². The summed E-state index contributed by atoms with van der Waals surface area (Å²) in [4.78, 5) is 21.9. The summed E-state index contributed by atoms with van der Waals surface area (Å²) in [6, 6.07) is 14.9. The number of benzene rings is 2. The first-order chi connectivity index (χ1) is 13.4. The summed E-state index contributed by atoms with van der Waals surface area (Å²) in [7, 11) is 0. The van der Waals surface area contributed by atoms with E-state index < -0.39 is 6.17 Å². The highest BCUT2D eigenvalue weighted by Gasteiger charge is 2.25. The van der Waals surface area contributed by atoms with Gasteiger partial charge < -0.3 is 5.32 Å². The lowest BCUT2D eigenvalue weighted by Gasteiger charge is -2.27. The Morgan fingerprint density at radius 1 is 1.07 bits per heavy atom. The van der Waals surface area contributed by atoms with Gasteiger partial charge in [-0.3, -0.25) is 14.7 Å². The van der Waals surface area contributed by atoms with E-state index in [4.69, 9.17) is 16.6 Å². The van der Waals surface area contributed by atoms with Crippen molar-refractivity contribution in [2.24, 2.45) is 4.99 Å². The van der Waals surface area contributed by atoms with E-state index in [0.717, 1.165) is 11.3 Å². The predicted octanol–water partition coefficient (Wildman–Crippen LogP) is 4.26. The van der Waals surface area contributed by atoms with Crippen molar-refractivity contribution in [1.29, 1.82) is 0 Å². The molecular formula is C21H20ClN5O. The smallest absolute Gasteiger partial charge is 0.257 e. The lowest BCUT2D eigenvalue weighted by atomic mass is 10.1. The highest BCUT2D eigenvalue weighted by Crippen LogP contribution is 2.27. The first-order valence-corrected chi connectivity index (χ1v) is 9.33. The van der Waals surface area contributed by atoms with Crippen molar-refractivity contribution in [3.05, 3.63) is 86.3 Å². The molecule has 0 radical (unpaired) electrons. The molecule has 1 aliphatic rings. The van der Waals surface area contributed by atoms with Gasteiger partial charge in [-0.05, 0) is 61.7 Å². The molecule has 2 N–H and O–H groups in total. The minimum atomic E-state index is -0.565. The molecule has 0 spiro atoms. The quantitative estimate of drug-likeness (QED) is 0.682. The van der Waals surface area contributed by atoms with Crippen LogP contribution < -0.4 is 16.2 Å². The Morgan fingerprint density at radius 3 is 2.64 bits per heavy atom. The second kappa shape index (κ2) is 7.13. The molecule has 2 aromatic carbocycles. The van der Waals surface area contributed by atoms with Gasteiger partial charge in [0.1, 0.15) is 0 Å². The topological polar surface area (TPSA) is 71.3 Å². The van der Waals surface area contributed by atoms with Gasteiger partial charge in [0.25, 0.3) is 5.56 Å². The fourth-order valence-corrected chi connectivity index (χ4v) is 3.36. The van der Waals surface area contributed by atoms with Gasteiger partial charge >= 0.3 is 0 Å². The third-order valence-corrected chi connectivity index (χ3v) is 4.96. The minimum Gasteiger partial charge on any atom is -0.326 e. The third-order valence-electron chi connectivity index (χ3n) is 4.72. The zero-order chi connectivity index (χ0) is 19.8. The van der Waals surface area contributed by atoms with E-state index >= 15 is 0 Å². The van der Waals surface area contributed by atoms with Crippen LogP contribution in [0.2, 0.25) is 5.02 Å². The number of aromatic nitrogens is 2. The van der Waals surface area contributed by atoms with E-state index in [2.05, 4.69) is 41.6 Å². The number of fused-ring (bicyclic) bond motifs is 1. The predicted molar refractivity (Wildman–Crippen MR) is 113 cm³/mol. The maximum atomic E-state index is 12.7. The lowest BCUT2D eigenvalue weighted by molar-refractivity contribution is 0.577. The SMILES string of the molecule is Cc1cc(=O)n2c(n1)NC(Nc1ccc(C)c(C)c1)=NC2c1cccc(Cl)c1. The number of halogens is 1. The van der Waals surface area contributed by atoms with E-state index in [-0.39, 0.29) is 5.56 Å². The van der Waals surface area contributed by atoms with Crippen LogP contribution in [0.5, 0.6) is 0 Å². The first kappa shape index (κ1) is 18.3. The molecule has 0 bridgehead atoms. The zero-order valence-electron chi connectivity index (χ0n) is 15.8. The number of nitrogens with one attached hydrogen (secondary N) is 2. The van der Waals surface area contributed by atoms with Crippen LogP contribution in [0.4, 0.5) is 11.6 Å². The van der Waals surface area contributed by atoms with Gasteiger partial charge in [0.15, 0.2) is 6.17 Å². The molecule has 0 aliphatic carbocycles. The number of anilines is 2. The van der Waals surface area contributed by atoms with Crippen LogP contribution in [-0.4, -0.2) is 15.5 Å². The molecular weight excluding hydrogens is 374 g/mol. The highest BCUT2D eigenvalue weighted by atomic mass is 35.5. The molecule has 3 aromatic rings. The maximum absolute atomic E-state index is 12.7. The number of nitrogens with zero attached hydrogens (tertiary/aromatic N) is 3. The third kappa shape index (κ3) is 3.51. The molecule has 0 amide bonds. The van der Waals surface area contributed by atoms with Gasteiger partial charge in [-0.15, -0.1) is 0 Å². The monoisotopic (exact) mass is 393 g/mol. The Labute approximate surface area is 167 Å². The Morgan fingerprint density at radius 2 is 1.89 bits per heavy atom. The summed E-state index contributed by atoms with van der Waals surface area (Å²) in [5, 5.41) is 7.01. The molecule has 1 aliphatic heterocycles. The van der Waals surface area contributed by atoms with E-state index in [1.165, 1.54) is 21.8 Å². The number of rotatable bonds is 2. The van der Waals surface area contributed by atoms with Crippen LogP contribution in [0.1, 0.15) is 28.6 Å². The second-order valence-corrected chi connectivity index (χ2v) is 7.32. The summed E-state index contributed by atoms with van der Waals surface area (Å²) >= 11 is 6.17. The Hall–Kier alpha value is -3.12. The maximum Gasteiger partial charge on any atom is 0.257 e. The molecule has 6 nitrogen and oxygen atoms in total. The van der Waals surface area contributed by atoms with Gasteiger partial charge in [-0.25, -0.2) is 9.98 Å². The average molecular weight is 394 g/mol. The van der Waals surface area contributed by atoms with Gasteiger partial charge in [-0.1, -0.05) is 29.8 Å². The number of aliphatic imine (C=N–C) groups is 1. The summed E-state index contributed by atoms with van der Waals surface area (Å²) in [6.45, 7) is 5.92. The van der Waals surface area contributed by atoms with Gasteiger partial charge in [0, 0.05) is 22.5 Å². The molecule has 4 rings (SSSR count).